The van der Waals surface area contributed by atoms with Crippen molar-refractivity contribution in [3.8, 4) is 0 Å². The van der Waals surface area contributed by atoms with Gasteiger partial charge < -0.3 is 5.73 Å². The van der Waals surface area contributed by atoms with E-state index in [4.69, 9.17) is 17.3 Å². The summed E-state index contributed by atoms with van der Waals surface area (Å²) in [7, 11) is 0. The summed E-state index contributed by atoms with van der Waals surface area (Å²) in [6.45, 7) is 6.14. The summed E-state index contributed by atoms with van der Waals surface area (Å²) in [6, 6.07) is 7.73. The Kier molecular flexibility index (Phi) is 3.76. The lowest BCUT2D eigenvalue weighted by Crippen LogP contribution is -2.35. The van der Waals surface area contributed by atoms with E-state index in [9.17, 15) is 0 Å². The Morgan fingerprint density at radius 2 is 2.11 bits per heavy atom. The molecule has 2 rings (SSSR count). The Hall–Kier alpha value is -0.900. The highest BCUT2D eigenvalue weighted by Gasteiger charge is 2.23. The van der Waals surface area contributed by atoms with Gasteiger partial charge in [-0.15, -0.1) is 11.3 Å². The van der Waals surface area contributed by atoms with Crippen LogP contribution in [0.25, 0.3) is 0 Å². The van der Waals surface area contributed by atoms with Gasteiger partial charge in [0, 0.05) is 21.9 Å². The van der Waals surface area contributed by atoms with Crippen LogP contribution in [0.1, 0.15) is 28.1 Å². The maximum Gasteiger partial charge on any atom is 0.0952 e. The van der Waals surface area contributed by atoms with E-state index in [1.807, 2.05) is 38.1 Å². The smallest absolute Gasteiger partial charge is 0.0952 e. The number of nitrogens with two attached hydrogens (primary N) is 1. The molecular formula is C14H17ClN2S. The highest BCUT2D eigenvalue weighted by Crippen LogP contribution is 2.27. The fourth-order valence-electron chi connectivity index (χ4n) is 1.87. The van der Waals surface area contributed by atoms with Gasteiger partial charge in [-0.25, -0.2) is 4.98 Å². The minimum absolute atomic E-state index is 0.443. The molecule has 0 saturated carbocycles. The Labute approximate surface area is 117 Å². The average molecular weight is 281 g/mol. The number of aryl methyl sites for hydroxylation is 2. The lowest BCUT2D eigenvalue weighted by molar-refractivity contribution is 0.490. The topological polar surface area (TPSA) is 38.9 Å². The molecule has 0 radical (unpaired) electrons. The SMILES string of the molecule is Cc1nc(CC(C)(N)c2cccc(Cl)c2)sc1C. The normalized spacial score (nSPS) is 14.5. The van der Waals surface area contributed by atoms with E-state index in [2.05, 4.69) is 11.9 Å². The van der Waals surface area contributed by atoms with Crippen molar-refractivity contribution in [2.45, 2.75) is 32.7 Å². The Morgan fingerprint density at radius 1 is 1.39 bits per heavy atom. The zero-order chi connectivity index (χ0) is 13.3. The number of benzene rings is 1. The fourth-order valence-corrected chi connectivity index (χ4v) is 3.17. The number of halogens is 1. The van der Waals surface area contributed by atoms with Crippen LogP contribution < -0.4 is 5.73 Å². The minimum atomic E-state index is -0.443. The van der Waals surface area contributed by atoms with E-state index in [1.165, 1.54) is 4.88 Å². The van der Waals surface area contributed by atoms with Gasteiger partial charge in [0.2, 0.25) is 0 Å². The van der Waals surface area contributed by atoms with Crippen LogP contribution >= 0.6 is 22.9 Å². The quantitative estimate of drug-likeness (QED) is 0.928. The van der Waals surface area contributed by atoms with Crippen molar-refractivity contribution in [2.75, 3.05) is 0 Å². The Morgan fingerprint density at radius 3 is 2.67 bits per heavy atom. The zero-order valence-corrected chi connectivity index (χ0v) is 12.4. The minimum Gasteiger partial charge on any atom is -0.321 e. The van der Waals surface area contributed by atoms with Gasteiger partial charge in [-0.05, 0) is 38.5 Å². The molecule has 0 bridgehead atoms. The maximum absolute atomic E-state index is 6.41. The molecule has 2 aromatic rings. The van der Waals surface area contributed by atoms with Crippen molar-refractivity contribution in [1.29, 1.82) is 0 Å². The van der Waals surface area contributed by atoms with Gasteiger partial charge in [-0.3, -0.25) is 0 Å². The van der Waals surface area contributed by atoms with E-state index in [-0.39, 0.29) is 0 Å². The van der Waals surface area contributed by atoms with E-state index in [1.54, 1.807) is 11.3 Å². The van der Waals surface area contributed by atoms with E-state index < -0.39 is 5.54 Å². The van der Waals surface area contributed by atoms with Gasteiger partial charge in [0.15, 0.2) is 0 Å². The van der Waals surface area contributed by atoms with Gasteiger partial charge >= 0.3 is 0 Å². The second kappa shape index (κ2) is 5.00. The highest BCUT2D eigenvalue weighted by atomic mass is 35.5. The third-order valence-electron chi connectivity index (χ3n) is 3.08. The lowest BCUT2D eigenvalue weighted by Gasteiger charge is -2.24. The van der Waals surface area contributed by atoms with Crippen LogP contribution in [0.3, 0.4) is 0 Å². The van der Waals surface area contributed by atoms with Gasteiger partial charge in [0.25, 0.3) is 0 Å². The maximum atomic E-state index is 6.41. The largest absolute Gasteiger partial charge is 0.321 e. The molecule has 0 fully saturated rings. The Bertz CT molecular complexity index is 541. The van der Waals surface area contributed by atoms with Crippen LogP contribution in [0.4, 0.5) is 0 Å². The summed E-state index contributed by atoms with van der Waals surface area (Å²) in [5.74, 6) is 0. The number of aromatic nitrogens is 1. The summed E-state index contributed by atoms with van der Waals surface area (Å²) in [5, 5.41) is 1.80. The average Bonchev–Trinajstić information content (AvgIpc) is 2.57. The molecule has 0 saturated heterocycles. The fraction of sp³-hybridized carbons (Fsp3) is 0.357. The summed E-state index contributed by atoms with van der Waals surface area (Å²) >= 11 is 7.73. The molecule has 1 heterocycles. The first-order valence-corrected chi connectivity index (χ1v) is 7.06. The van der Waals surface area contributed by atoms with Crippen molar-refractivity contribution in [3.05, 3.63) is 50.4 Å². The van der Waals surface area contributed by atoms with Crippen LogP contribution in [0.2, 0.25) is 5.02 Å². The summed E-state index contributed by atoms with van der Waals surface area (Å²) < 4.78 is 0. The molecule has 1 atom stereocenters. The van der Waals surface area contributed by atoms with Gasteiger partial charge in [0.05, 0.1) is 10.7 Å². The van der Waals surface area contributed by atoms with Crippen molar-refractivity contribution >= 4 is 22.9 Å². The number of thiazole rings is 1. The first-order valence-electron chi connectivity index (χ1n) is 5.86. The third kappa shape index (κ3) is 2.91. The van der Waals surface area contributed by atoms with Crippen molar-refractivity contribution in [3.63, 3.8) is 0 Å². The molecule has 1 aromatic heterocycles. The lowest BCUT2D eigenvalue weighted by atomic mass is 9.90. The van der Waals surface area contributed by atoms with Crippen LogP contribution in [0.5, 0.6) is 0 Å². The second-order valence-corrected chi connectivity index (χ2v) is 6.58. The number of hydrogen-bond donors (Lipinski definition) is 1. The number of nitrogens with zero attached hydrogens (tertiary/aromatic N) is 1. The summed E-state index contributed by atoms with van der Waals surface area (Å²) in [4.78, 5) is 5.81. The van der Waals surface area contributed by atoms with E-state index in [0.29, 0.717) is 0 Å². The summed E-state index contributed by atoms with van der Waals surface area (Å²) in [6.07, 6.45) is 0.729. The first kappa shape index (κ1) is 13.5. The second-order valence-electron chi connectivity index (χ2n) is 4.85. The van der Waals surface area contributed by atoms with E-state index in [0.717, 1.165) is 27.7 Å². The van der Waals surface area contributed by atoms with E-state index >= 15 is 0 Å². The molecule has 1 unspecified atom stereocenters. The predicted octanol–water partition coefficient (Wildman–Crippen LogP) is 3.83. The molecule has 0 amide bonds. The molecular weight excluding hydrogens is 264 g/mol. The number of hydrogen-bond acceptors (Lipinski definition) is 3. The molecule has 0 aliphatic rings. The molecule has 4 heteroatoms. The molecule has 0 spiro atoms. The first-order chi connectivity index (χ1) is 8.38. The third-order valence-corrected chi connectivity index (χ3v) is 4.38. The predicted molar refractivity (Wildman–Crippen MR) is 78.3 cm³/mol. The molecule has 0 aliphatic carbocycles. The van der Waals surface area contributed by atoms with Crippen molar-refractivity contribution in [1.82, 2.24) is 4.98 Å². The van der Waals surface area contributed by atoms with Gasteiger partial charge in [-0.2, -0.15) is 0 Å². The molecule has 0 aliphatic heterocycles. The molecule has 2 nitrogen and oxygen atoms in total. The molecule has 96 valence electrons. The number of rotatable bonds is 3. The Balaban J connectivity index is 2.26. The molecule has 1 aromatic carbocycles. The van der Waals surface area contributed by atoms with Crippen molar-refractivity contribution < 1.29 is 0 Å². The molecule has 18 heavy (non-hydrogen) atoms. The zero-order valence-electron chi connectivity index (χ0n) is 10.8. The van der Waals surface area contributed by atoms with Crippen LogP contribution in [0.15, 0.2) is 24.3 Å². The van der Waals surface area contributed by atoms with Crippen LogP contribution in [0, 0.1) is 13.8 Å². The standard InChI is InChI=1S/C14H17ClN2S/c1-9-10(2)18-13(17-9)8-14(3,16)11-5-4-6-12(15)7-11/h4-7H,8,16H2,1-3H3. The van der Waals surface area contributed by atoms with Gasteiger partial charge in [-0.1, -0.05) is 23.7 Å². The van der Waals surface area contributed by atoms with Crippen molar-refractivity contribution in [2.24, 2.45) is 5.73 Å². The van der Waals surface area contributed by atoms with Gasteiger partial charge in [0.1, 0.15) is 0 Å². The summed E-state index contributed by atoms with van der Waals surface area (Å²) in [5.41, 5.74) is 8.10. The van der Waals surface area contributed by atoms with Crippen LogP contribution in [-0.4, -0.2) is 4.98 Å². The monoisotopic (exact) mass is 280 g/mol. The molecule has 2 N–H and O–H groups in total. The highest BCUT2D eigenvalue weighted by molar-refractivity contribution is 7.11. The van der Waals surface area contributed by atoms with Crippen LogP contribution in [-0.2, 0) is 12.0 Å².